The monoisotopic (exact) mass is 227 g/mol. The van der Waals surface area contributed by atoms with E-state index in [2.05, 4.69) is 0 Å². The lowest BCUT2D eigenvalue weighted by Gasteiger charge is -2.13. The fraction of sp³-hybridized carbons (Fsp3) is 0.333. The maximum Gasteiger partial charge on any atom is 0.215 e. The van der Waals surface area contributed by atoms with Crippen molar-refractivity contribution in [1.29, 1.82) is 0 Å². The van der Waals surface area contributed by atoms with Gasteiger partial charge in [-0.1, -0.05) is 29.3 Å². The molecular weight excluding hydrogens is 221 g/mol. The van der Waals surface area contributed by atoms with Crippen LogP contribution in [0.2, 0.25) is 0 Å². The van der Waals surface area contributed by atoms with Gasteiger partial charge in [0.25, 0.3) is 0 Å². The van der Waals surface area contributed by atoms with Gasteiger partial charge in [0.05, 0.1) is 15.3 Å². The Hall–Kier alpha value is -0.0300. The zero-order valence-corrected chi connectivity index (χ0v) is 8.33. The normalized spacial score (nSPS) is 24.8. The van der Waals surface area contributed by atoms with E-state index in [-0.39, 0.29) is 11.5 Å². The number of hydrogen-bond acceptors (Lipinski definition) is 2. The van der Waals surface area contributed by atoms with Crippen molar-refractivity contribution >= 4 is 33.2 Å². The van der Waals surface area contributed by atoms with Crippen molar-refractivity contribution in [1.82, 2.24) is 0 Å². The van der Waals surface area contributed by atoms with E-state index >= 15 is 0 Å². The Balaban J connectivity index is 2.94. The number of sulfonamides is 1. The minimum atomic E-state index is -3.55. The van der Waals surface area contributed by atoms with Gasteiger partial charge in [-0.25, -0.2) is 13.6 Å². The van der Waals surface area contributed by atoms with E-state index in [4.69, 9.17) is 28.3 Å². The second-order valence-corrected chi connectivity index (χ2v) is 5.03. The molecular formula is C6H7Cl2NO2S. The standard InChI is InChI=1S/C6H7Cl2NO2S/c7-5-2-1-4(3-6(5)8)12(9,10)11/h2-4H,1H2,(H2,9,10,11). The predicted molar refractivity (Wildman–Crippen MR) is 49.4 cm³/mol. The molecule has 0 radical (unpaired) electrons. The Bertz CT molecular complexity index is 345. The number of primary sulfonamides is 1. The van der Waals surface area contributed by atoms with Gasteiger partial charge in [-0.2, -0.15) is 0 Å². The third kappa shape index (κ3) is 2.23. The second kappa shape index (κ2) is 3.38. The molecule has 0 aromatic heterocycles. The zero-order valence-electron chi connectivity index (χ0n) is 6.00. The van der Waals surface area contributed by atoms with Gasteiger partial charge in [-0.05, 0) is 12.5 Å². The van der Waals surface area contributed by atoms with Crippen molar-refractivity contribution in [2.45, 2.75) is 11.7 Å². The van der Waals surface area contributed by atoms with Gasteiger partial charge in [0, 0.05) is 0 Å². The number of allylic oxidation sites excluding steroid dienone is 3. The first kappa shape index (κ1) is 10.1. The van der Waals surface area contributed by atoms with Gasteiger partial charge in [-0.3, -0.25) is 0 Å². The Morgan fingerprint density at radius 3 is 2.42 bits per heavy atom. The molecule has 0 bridgehead atoms. The second-order valence-electron chi connectivity index (χ2n) is 2.43. The lowest BCUT2D eigenvalue weighted by molar-refractivity contribution is 0.589. The van der Waals surface area contributed by atoms with Gasteiger partial charge in [0.2, 0.25) is 10.0 Å². The summed E-state index contributed by atoms with van der Waals surface area (Å²) in [5.74, 6) is 0. The van der Waals surface area contributed by atoms with Crippen LogP contribution in [0.1, 0.15) is 6.42 Å². The molecule has 0 amide bonds. The van der Waals surface area contributed by atoms with Gasteiger partial charge < -0.3 is 0 Å². The maximum atomic E-state index is 10.8. The average Bonchev–Trinajstić information content (AvgIpc) is 1.92. The molecule has 1 aliphatic rings. The molecule has 6 heteroatoms. The summed E-state index contributed by atoms with van der Waals surface area (Å²) < 4.78 is 21.7. The zero-order chi connectivity index (χ0) is 9.35. The summed E-state index contributed by atoms with van der Waals surface area (Å²) in [5.41, 5.74) is 0. The fourth-order valence-electron chi connectivity index (χ4n) is 0.857. The van der Waals surface area contributed by atoms with Crippen molar-refractivity contribution in [3.05, 3.63) is 22.2 Å². The van der Waals surface area contributed by atoms with Crippen LogP contribution in [-0.4, -0.2) is 13.7 Å². The third-order valence-electron chi connectivity index (χ3n) is 1.51. The SMILES string of the molecule is NS(=O)(=O)C1C=C(Cl)C(Cl)=CC1. The molecule has 1 atom stereocenters. The highest BCUT2D eigenvalue weighted by Crippen LogP contribution is 2.27. The van der Waals surface area contributed by atoms with Gasteiger partial charge >= 0.3 is 0 Å². The smallest absolute Gasteiger partial charge is 0.215 e. The van der Waals surface area contributed by atoms with Gasteiger partial charge in [-0.15, -0.1) is 0 Å². The lowest BCUT2D eigenvalue weighted by Crippen LogP contribution is -2.27. The van der Waals surface area contributed by atoms with E-state index in [1.807, 2.05) is 0 Å². The summed E-state index contributed by atoms with van der Waals surface area (Å²) >= 11 is 11.2. The van der Waals surface area contributed by atoms with Crippen molar-refractivity contribution in [3.8, 4) is 0 Å². The average molecular weight is 228 g/mol. The molecule has 0 saturated heterocycles. The molecule has 0 spiro atoms. The van der Waals surface area contributed by atoms with Crippen molar-refractivity contribution in [2.24, 2.45) is 5.14 Å². The molecule has 3 nitrogen and oxygen atoms in total. The summed E-state index contributed by atoms with van der Waals surface area (Å²) in [6.45, 7) is 0. The molecule has 0 aromatic rings. The van der Waals surface area contributed by atoms with E-state index in [1.54, 1.807) is 6.08 Å². The molecule has 0 aliphatic heterocycles. The van der Waals surface area contributed by atoms with Crippen LogP contribution in [-0.2, 0) is 10.0 Å². The molecule has 1 unspecified atom stereocenters. The number of nitrogens with two attached hydrogens (primary N) is 1. The molecule has 0 fully saturated rings. The quantitative estimate of drug-likeness (QED) is 0.735. The van der Waals surface area contributed by atoms with Crippen LogP contribution in [0.4, 0.5) is 0 Å². The summed E-state index contributed by atoms with van der Waals surface area (Å²) in [7, 11) is -3.55. The van der Waals surface area contributed by atoms with E-state index in [0.717, 1.165) is 0 Å². The fourth-order valence-corrected chi connectivity index (χ4v) is 2.00. The highest BCUT2D eigenvalue weighted by molar-refractivity contribution is 7.89. The Morgan fingerprint density at radius 1 is 1.42 bits per heavy atom. The van der Waals surface area contributed by atoms with Crippen molar-refractivity contribution < 1.29 is 8.42 Å². The first-order valence-corrected chi connectivity index (χ1v) is 5.53. The minimum Gasteiger partial charge on any atom is -0.228 e. The molecule has 0 saturated carbocycles. The Morgan fingerprint density at radius 2 is 2.00 bits per heavy atom. The van der Waals surface area contributed by atoms with E-state index in [1.165, 1.54) is 6.08 Å². The van der Waals surface area contributed by atoms with Crippen molar-refractivity contribution in [2.75, 3.05) is 0 Å². The lowest BCUT2D eigenvalue weighted by atomic mass is 10.2. The van der Waals surface area contributed by atoms with Crippen LogP contribution in [0.3, 0.4) is 0 Å². The Labute approximate surface area is 80.9 Å². The van der Waals surface area contributed by atoms with Crippen LogP contribution in [0.5, 0.6) is 0 Å². The molecule has 0 aromatic carbocycles. The molecule has 2 N–H and O–H groups in total. The number of halogens is 2. The van der Waals surface area contributed by atoms with E-state index in [0.29, 0.717) is 5.03 Å². The summed E-state index contributed by atoms with van der Waals surface area (Å²) in [6, 6.07) is 0. The Kier molecular flexibility index (Phi) is 2.83. The molecule has 68 valence electrons. The maximum absolute atomic E-state index is 10.8. The first-order valence-electron chi connectivity index (χ1n) is 3.16. The molecule has 1 aliphatic carbocycles. The summed E-state index contributed by atoms with van der Waals surface area (Å²) in [6.07, 6.45) is 3.17. The summed E-state index contributed by atoms with van der Waals surface area (Å²) in [4.78, 5) is 0. The molecule has 0 heterocycles. The highest BCUT2D eigenvalue weighted by atomic mass is 35.5. The van der Waals surface area contributed by atoms with Crippen LogP contribution < -0.4 is 5.14 Å². The van der Waals surface area contributed by atoms with E-state index < -0.39 is 15.3 Å². The molecule has 12 heavy (non-hydrogen) atoms. The summed E-state index contributed by atoms with van der Waals surface area (Å²) in [5, 5.41) is 4.78. The predicted octanol–water partition coefficient (Wildman–Crippen LogP) is 1.29. The van der Waals surface area contributed by atoms with Gasteiger partial charge in [0.15, 0.2) is 0 Å². The van der Waals surface area contributed by atoms with Crippen LogP contribution >= 0.6 is 23.2 Å². The first-order chi connectivity index (χ1) is 5.41. The topological polar surface area (TPSA) is 60.2 Å². The number of hydrogen-bond donors (Lipinski definition) is 1. The van der Waals surface area contributed by atoms with Crippen LogP contribution in [0.15, 0.2) is 22.2 Å². The largest absolute Gasteiger partial charge is 0.228 e. The highest BCUT2D eigenvalue weighted by Gasteiger charge is 2.22. The minimum absolute atomic E-state index is 0.238. The van der Waals surface area contributed by atoms with Crippen molar-refractivity contribution in [3.63, 3.8) is 0 Å². The molecule has 1 rings (SSSR count). The van der Waals surface area contributed by atoms with Gasteiger partial charge in [0.1, 0.15) is 0 Å². The van der Waals surface area contributed by atoms with E-state index in [9.17, 15) is 8.42 Å². The number of rotatable bonds is 1. The van der Waals surface area contributed by atoms with Crippen LogP contribution in [0.25, 0.3) is 0 Å². The third-order valence-corrected chi connectivity index (χ3v) is 3.47. The van der Waals surface area contributed by atoms with Crippen LogP contribution in [0, 0.1) is 0 Å².